The van der Waals surface area contributed by atoms with Gasteiger partial charge < -0.3 is 19.9 Å². The first-order chi connectivity index (χ1) is 11.5. The number of hydrogen-bond donors (Lipinski definition) is 2. The fourth-order valence-electron chi connectivity index (χ4n) is 2.75. The summed E-state index contributed by atoms with van der Waals surface area (Å²) in [5.74, 6) is 0.972. The van der Waals surface area contributed by atoms with E-state index in [4.69, 9.17) is 9.47 Å². The van der Waals surface area contributed by atoms with Gasteiger partial charge in [0.2, 0.25) is 0 Å². The Balaban J connectivity index is 1.78. The highest BCUT2D eigenvalue weighted by atomic mass is 79.9. The Morgan fingerprint density at radius 2 is 2.17 bits per heavy atom. The van der Waals surface area contributed by atoms with Crippen molar-refractivity contribution in [1.82, 2.24) is 5.32 Å². The second-order valence-corrected chi connectivity index (χ2v) is 6.51. The van der Waals surface area contributed by atoms with Crippen molar-refractivity contribution in [2.75, 3.05) is 20.3 Å². The zero-order valence-electron chi connectivity index (χ0n) is 13.2. The van der Waals surface area contributed by atoms with Crippen LogP contribution in [0.15, 0.2) is 46.9 Å². The maximum absolute atomic E-state index is 12.5. The highest BCUT2D eigenvalue weighted by Crippen LogP contribution is 2.36. The molecule has 1 atom stereocenters. The molecule has 6 heteroatoms. The highest BCUT2D eigenvalue weighted by Gasteiger charge is 2.36. The molecule has 2 N–H and O–H groups in total. The molecule has 0 spiro atoms. The van der Waals surface area contributed by atoms with Gasteiger partial charge in [0.1, 0.15) is 17.1 Å². The van der Waals surface area contributed by atoms with Gasteiger partial charge >= 0.3 is 0 Å². The van der Waals surface area contributed by atoms with E-state index in [0.717, 1.165) is 0 Å². The van der Waals surface area contributed by atoms with Gasteiger partial charge in [-0.05, 0) is 40.2 Å². The fraction of sp³-hybridized carbons (Fsp3) is 0.278. The monoisotopic (exact) mass is 391 g/mol. The lowest BCUT2D eigenvalue weighted by atomic mass is 9.88. The number of fused-ring (bicyclic) bond motifs is 1. The Bertz CT molecular complexity index is 764. The van der Waals surface area contributed by atoms with Crippen LogP contribution < -0.4 is 14.8 Å². The van der Waals surface area contributed by atoms with Gasteiger partial charge in [0.15, 0.2) is 0 Å². The van der Waals surface area contributed by atoms with E-state index in [1.807, 2.05) is 24.3 Å². The van der Waals surface area contributed by atoms with Crippen LogP contribution >= 0.6 is 15.9 Å². The van der Waals surface area contributed by atoms with E-state index < -0.39 is 5.60 Å². The predicted molar refractivity (Wildman–Crippen MR) is 93.5 cm³/mol. The summed E-state index contributed by atoms with van der Waals surface area (Å²) in [5, 5.41) is 13.8. The number of ether oxygens (including phenoxy) is 2. The van der Waals surface area contributed by atoms with Crippen LogP contribution in [0.5, 0.6) is 11.5 Å². The minimum atomic E-state index is -1.14. The molecule has 1 aliphatic rings. The molecule has 1 amide bonds. The molecule has 0 unspecified atom stereocenters. The van der Waals surface area contributed by atoms with Gasteiger partial charge in [0.25, 0.3) is 5.91 Å². The molecular weight excluding hydrogens is 374 g/mol. The average Bonchev–Trinajstić information content (AvgIpc) is 2.61. The molecule has 126 valence electrons. The van der Waals surface area contributed by atoms with Crippen molar-refractivity contribution in [3.05, 3.63) is 58.1 Å². The molecule has 2 aromatic rings. The summed E-state index contributed by atoms with van der Waals surface area (Å²) >= 11 is 3.37. The number of carbonyl (C=O) groups is 1. The van der Waals surface area contributed by atoms with Crippen molar-refractivity contribution in [2.24, 2.45) is 0 Å². The summed E-state index contributed by atoms with van der Waals surface area (Å²) in [6.07, 6.45) is 0.420. The second kappa shape index (κ2) is 6.83. The summed E-state index contributed by atoms with van der Waals surface area (Å²) in [5.41, 5.74) is 0.00935. The molecule has 0 saturated carbocycles. The van der Waals surface area contributed by atoms with Crippen molar-refractivity contribution in [3.8, 4) is 11.5 Å². The Kier molecular flexibility index (Phi) is 4.78. The molecule has 2 aromatic carbocycles. The van der Waals surface area contributed by atoms with Crippen molar-refractivity contribution < 1.29 is 19.4 Å². The molecule has 0 radical (unpaired) electrons. The van der Waals surface area contributed by atoms with Gasteiger partial charge in [-0.3, -0.25) is 4.79 Å². The zero-order valence-corrected chi connectivity index (χ0v) is 14.8. The molecule has 0 saturated heterocycles. The Labute approximate surface area is 148 Å². The number of methoxy groups -OCH3 is 1. The number of carbonyl (C=O) groups excluding carboxylic acids is 1. The average molecular weight is 392 g/mol. The third-order valence-electron chi connectivity index (χ3n) is 4.12. The molecule has 5 nitrogen and oxygen atoms in total. The first-order valence-electron chi connectivity index (χ1n) is 7.60. The van der Waals surface area contributed by atoms with Gasteiger partial charge in [0, 0.05) is 16.5 Å². The molecule has 24 heavy (non-hydrogen) atoms. The van der Waals surface area contributed by atoms with Gasteiger partial charge in [-0.25, -0.2) is 0 Å². The molecule has 0 fully saturated rings. The number of hydrogen-bond acceptors (Lipinski definition) is 4. The molecule has 0 aliphatic carbocycles. The maximum Gasteiger partial charge on any atom is 0.252 e. The summed E-state index contributed by atoms with van der Waals surface area (Å²) < 4.78 is 11.4. The fourth-order valence-corrected chi connectivity index (χ4v) is 3.18. The van der Waals surface area contributed by atoms with E-state index in [0.29, 0.717) is 40.1 Å². The second-order valence-electron chi connectivity index (χ2n) is 5.65. The van der Waals surface area contributed by atoms with Crippen molar-refractivity contribution >= 4 is 21.8 Å². The lowest BCUT2D eigenvalue weighted by molar-refractivity contribution is -0.00161. The third-order valence-corrected chi connectivity index (χ3v) is 4.81. The summed E-state index contributed by atoms with van der Waals surface area (Å²) in [6.45, 7) is 0.516. The van der Waals surface area contributed by atoms with Crippen LogP contribution in [-0.4, -0.2) is 31.3 Å². The quantitative estimate of drug-likeness (QED) is 0.840. The van der Waals surface area contributed by atoms with Gasteiger partial charge in [-0.15, -0.1) is 0 Å². The van der Waals surface area contributed by atoms with E-state index in [1.165, 1.54) is 0 Å². The van der Waals surface area contributed by atoms with Crippen LogP contribution in [-0.2, 0) is 5.60 Å². The topological polar surface area (TPSA) is 67.8 Å². The predicted octanol–water partition coefficient (Wildman–Crippen LogP) is 2.86. The lowest BCUT2D eigenvalue weighted by Crippen LogP contribution is -2.44. The van der Waals surface area contributed by atoms with E-state index in [9.17, 15) is 9.90 Å². The van der Waals surface area contributed by atoms with Crippen LogP contribution in [0, 0.1) is 0 Å². The molecule has 0 aromatic heterocycles. The summed E-state index contributed by atoms with van der Waals surface area (Å²) in [6, 6.07) is 12.5. The standard InChI is InChI=1S/C18H18BrNO4/c1-23-12-6-7-15(19)13(10-12)17(21)20-11-18(22)8-9-24-16-5-3-2-4-14(16)18/h2-7,10,22H,8-9,11H2,1H3,(H,20,21)/t18-/m0/s1. The normalized spacial score (nSPS) is 19.1. The number of halogens is 1. The van der Waals surface area contributed by atoms with Gasteiger partial charge in [-0.2, -0.15) is 0 Å². The SMILES string of the molecule is COc1ccc(Br)c(C(=O)NC[C@@]2(O)CCOc3ccccc32)c1. The van der Waals surface area contributed by atoms with Crippen molar-refractivity contribution in [1.29, 1.82) is 0 Å². The van der Waals surface area contributed by atoms with E-state index >= 15 is 0 Å². The van der Waals surface area contributed by atoms with E-state index in [2.05, 4.69) is 21.2 Å². The number of aliphatic hydroxyl groups is 1. The highest BCUT2D eigenvalue weighted by molar-refractivity contribution is 9.10. The lowest BCUT2D eigenvalue weighted by Gasteiger charge is -2.34. The van der Waals surface area contributed by atoms with Gasteiger partial charge in [-0.1, -0.05) is 18.2 Å². The Hall–Kier alpha value is -2.05. The largest absolute Gasteiger partial charge is 0.497 e. The molecule has 1 heterocycles. The molecule has 1 aliphatic heterocycles. The smallest absolute Gasteiger partial charge is 0.252 e. The minimum Gasteiger partial charge on any atom is -0.497 e. The zero-order chi connectivity index (χ0) is 17.2. The van der Waals surface area contributed by atoms with Crippen LogP contribution in [0.4, 0.5) is 0 Å². The number of nitrogens with one attached hydrogen (secondary N) is 1. The maximum atomic E-state index is 12.5. The number of rotatable bonds is 4. The summed E-state index contributed by atoms with van der Waals surface area (Å²) in [7, 11) is 1.55. The third kappa shape index (κ3) is 3.25. The van der Waals surface area contributed by atoms with Crippen molar-refractivity contribution in [2.45, 2.75) is 12.0 Å². The number of para-hydroxylation sites is 1. The number of benzene rings is 2. The van der Waals surface area contributed by atoms with E-state index in [1.54, 1.807) is 25.3 Å². The Morgan fingerprint density at radius 3 is 2.96 bits per heavy atom. The first-order valence-corrected chi connectivity index (χ1v) is 8.39. The van der Waals surface area contributed by atoms with Gasteiger partial charge in [0.05, 0.1) is 25.8 Å². The summed E-state index contributed by atoms with van der Waals surface area (Å²) in [4.78, 5) is 12.5. The molecular formula is C18H18BrNO4. The first kappa shape index (κ1) is 16.8. The van der Waals surface area contributed by atoms with Crippen LogP contribution in [0.25, 0.3) is 0 Å². The van der Waals surface area contributed by atoms with E-state index in [-0.39, 0.29) is 12.5 Å². The Morgan fingerprint density at radius 1 is 1.38 bits per heavy atom. The van der Waals surface area contributed by atoms with Crippen LogP contribution in [0.2, 0.25) is 0 Å². The van der Waals surface area contributed by atoms with Crippen LogP contribution in [0.3, 0.4) is 0 Å². The molecule has 3 rings (SSSR count). The van der Waals surface area contributed by atoms with Crippen LogP contribution in [0.1, 0.15) is 22.3 Å². The number of amides is 1. The molecule has 0 bridgehead atoms. The van der Waals surface area contributed by atoms with Crippen molar-refractivity contribution in [3.63, 3.8) is 0 Å². The minimum absolute atomic E-state index is 0.107.